The van der Waals surface area contributed by atoms with Gasteiger partial charge in [0.05, 0.1) is 37.8 Å². The van der Waals surface area contributed by atoms with Gasteiger partial charge in [0, 0.05) is 23.7 Å². The van der Waals surface area contributed by atoms with Gasteiger partial charge in [0.1, 0.15) is 5.52 Å². The summed E-state index contributed by atoms with van der Waals surface area (Å²) in [5.74, 6) is 1.24. The standard InChI is InChI=1S/C19H18N4O4S/c1-26-17-7-14-15(8-18(17)27-2)20-9-16-19(14)23(11-21-16)10-12-3-5-13(6-4-12)22-28(24)25/h3-9,11,28H,10H2,1-2H3,(H,22,24,25). The molecule has 0 unspecified atom stereocenters. The van der Waals surface area contributed by atoms with Crippen LogP contribution in [0.15, 0.2) is 48.9 Å². The summed E-state index contributed by atoms with van der Waals surface area (Å²) in [7, 11) is 0.515. The van der Waals surface area contributed by atoms with Crippen molar-refractivity contribution in [3.05, 3.63) is 54.5 Å². The number of nitrogens with zero attached hydrogens (tertiary/aromatic N) is 3. The molecule has 0 spiro atoms. The molecule has 144 valence electrons. The zero-order valence-electron chi connectivity index (χ0n) is 15.2. The van der Waals surface area contributed by atoms with Gasteiger partial charge in [0.25, 0.3) is 0 Å². The van der Waals surface area contributed by atoms with Crippen LogP contribution in [-0.2, 0) is 17.4 Å². The van der Waals surface area contributed by atoms with Gasteiger partial charge in [-0.05, 0) is 23.8 Å². The van der Waals surface area contributed by atoms with Gasteiger partial charge in [-0.3, -0.25) is 9.71 Å². The van der Waals surface area contributed by atoms with E-state index in [0.29, 0.717) is 23.7 Å². The first-order chi connectivity index (χ1) is 13.6. The van der Waals surface area contributed by atoms with Gasteiger partial charge in [-0.15, -0.1) is 0 Å². The van der Waals surface area contributed by atoms with Crippen molar-refractivity contribution < 1.29 is 17.9 Å². The van der Waals surface area contributed by atoms with Gasteiger partial charge in [-0.2, -0.15) is 0 Å². The van der Waals surface area contributed by atoms with Crippen LogP contribution in [0.4, 0.5) is 5.69 Å². The van der Waals surface area contributed by atoms with Crippen molar-refractivity contribution in [2.45, 2.75) is 6.54 Å². The molecule has 28 heavy (non-hydrogen) atoms. The van der Waals surface area contributed by atoms with Gasteiger partial charge in [-0.1, -0.05) is 12.1 Å². The van der Waals surface area contributed by atoms with E-state index in [0.717, 1.165) is 27.5 Å². The number of aromatic nitrogens is 3. The molecule has 9 heteroatoms. The summed E-state index contributed by atoms with van der Waals surface area (Å²) >= 11 is 0. The van der Waals surface area contributed by atoms with Gasteiger partial charge >= 0.3 is 0 Å². The quantitative estimate of drug-likeness (QED) is 0.485. The molecule has 0 radical (unpaired) electrons. The van der Waals surface area contributed by atoms with Crippen molar-refractivity contribution in [1.82, 2.24) is 14.5 Å². The smallest absolute Gasteiger partial charge is 0.222 e. The van der Waals surface area contributed by atoms with Crippen molar-refractivity contribution in [3.8, 4) is 11.5 Å². The number of anilines is 1. The molecule has 0 saturated heterocycles. The molecule has 4 aromatic rings. The fourth-order valence-corrected chi connectivity index (χ4v) is 3.55. The summed E-state index contributed by atoms with van der Waals surface area (Å²) in [6, 6.07) is 11.0. The van der Waals surface area contributed by atoms with Gasteiger partial charge in [0.15, 0.2) is 11.5 Å². The Morgan fingerprint density at radius 2 is 1.71 bits per heavy atom. The van der Waals surface area contributed by atoms with E-state index in [1.54, 1.807) is 38.9 Å². The fourth-order valence-electron chi connectivity index (χ4n) is 3.19. The molecule has 1 N–H and O–H groups in total. The number of hydrogen-bond acceptors (Lipinski definition) is 6. The monoisotopic (exact) mass is 398 g/mol. The Bertz CT molecular complexity index is 1220. The second kappa shape index (κ2) is 7.35. The minimum absolute atomic E-state index is 0.529. The molecule has 0 bridgehead atoms. The molecule has 2 heterocycles. The highest BCUT2D eigenvalue weighted by atomic mass is 32.2. The summed E-state index contributed by atoms with van der Waals surface area (Å²) in [5, 5.41) is 0.911. The molecule has 8 nitrogen and oxygen atoms in total. The predicted molar refractivity (Wildman–Crippen MR) is 108 cm³/mol. The summed E-state index contributed by atoms with van der Waals surface area (Å²) in [4.78, 5) is 8.93. The summed E-state index contributed by atoms with van der Waals surface area (Å²) < 4.78 is 36.7. The number of imidazole rings is 1. The van der Waals surface area contributed by atoms with Crippen LogP contribution in [0.2, 0.25) is 0 Å². The molecule has 0 amide bonds. The number of methoxy groups -OCH3 is 2. The van der Waals surface area contributed by atoms with Crippen LogP contribution in [0, 0.1) is 0 Å². The minimum atomic E-state index is -2.67. The Labute approximate surface area is 162 Å². The summed E-state index contributed by atoms with van der Waals surface area (Å²) in [6.45, 7) is 0.577. The molecule has 2 aromatic heterocycles. The third-order valence-electron chi connectivity index (χ3n) is 4.48. The zero-order chi connectivity index (χ0) is 19.7. The van der Waals surface area contributed by atoms with E-state index in [9.17, 15) is 8.42 Å². The Morgan fingerprint density at radius 3 is 2.39 bits per heavy atom. The number of hydrogen-bond donors (Lipinski definition) is 2. The lowest BCUT2D eigenvalue weighted by Gasteiger charge is -2.11. The molecular formula is C19H18N4O4S. The first-order valence-electron chi connectivity index (χ1n) is 8.44. The average Bonchev–Trinajstić information content (AvgIpc) is 3.11. The number of fused-ring (bicyclic) bond motifs is 3. The topological polar surface area (TPSA) is 95.3 Å². The van der Waals surface area contributed by atoms with E-state index >= 15 is 0 Å². The van der Waals surface area contributed by atoms with E-state index in [4.69, 9.17) is 9.47 Å². The number of pyridine rings is 1. The van der Waals surface area contributed by atoms with Crippen molar-refractivity contribution in [2.75, 3.05) is 18.9 Å². The highest BCUT2D eigenvalue weighted by molar-refractivity contribution is 7.73. The van der Waals surface area contributed by atoms with Crippen LogP contribution < -0.4 is 14.2 Å². The Hall–Kier alpha value is -3.33. The first kappa shape index (κ1) is 18.1. The van der Waals surface area contributed by atoms with E-state index < -0.39 is 10.9 Å². The number of thiol groups is 1. The molecule has 4 rings (SSSR count). The maximum Gasteiger partial charge on any atom is 0.222 e. The van der Waals surface area contributed by atoms with Crippen LogP contribution in [-0.4, -0.2) is 37.2 Å². The number of benzene rings is 2. The summed E-state index contributed by atoms with van der Waals surface area (Å²) in [5.41, 5.74) is 4.04. The lowest BCUT2D eigenvalue weighted by molar-refractivity contribution is 0.356. The second-order valence-corrected chi connectivity index (χ2v) is 6.89. The van der Waals surface area contributed by atoms with Crippen molar-refractivity contribution in [1.29, 1.82) is 0 Å². The van der Waals surface area contributed by atoms with Crippen LogP contribution >= 0.6 is 0 Å². The molecule has 0 aliphatic carbocycles. The van der Waals surface area contributed by atoms with Crippen molar-refractivity contribution >= 4 is 38.5 Å². The van der Waals surface area contributed by atoms with Gasteiger partial charge in [0.2, 0.25) is 10.9 Å². The van der Waals surface area contributed by atoms with Crippen LogP contribution in [0.3, 0.4) is 0 Å². The van der Waals surface area contributed by atoms with Crippen molar-refractivity contribution in [3.63, 3.8) is 0 Å². The lowest BCUT2D eigenvalue weighted by atomic mass is 10.1. The molecule has 0 fully saturated rings. The fraction of sp³-hybridized carbons (Fsp3) is 0.158. The van der Waals surface area contributed by atoms with Gasteiger partial charge in [-0.25, -0.2) is 13.4 Å². The maximum atomic E-state index is 10.8. The SMILES string of the molecule is COc1cc2ncc3ncn(Cc4ccc(N[SH](=O)=O)cc4)c3c2cc1OC. The lowest BCUT2D eigenvalue weighted by Crippen LogP contribution is -2.00. The third-order valence-corrected chi connectivity index (χ3v) is 4.92. The molecule has 0 saturated carbocycles. The first-order valence-corrected chi connectivity index (χ1v) is 9.62. The summed E-state index contributed by atoms with van der Waals surface area (Å²) in [6.07, 6.45) is 3.50. The largest absolute Gasteiger partial charge is 0.493 e. The van der Waals surface area contributed by atoms with E-state index in [2.05, 4.69) is 14.7 Å². The molecule has 0 atom stereocenters. The maximum absolute atomic E-state index is 10.8. The van der Waals surface area contributed by atoms with Crippen molar-refractivity contribution in [2.24, 2.45) is 0 Å². The van der Waals surface area contributed by atoms with Gasteiger partial charge < -0.3 is 14.0 Å². The molecule has 2 aromatic carbocycles. The third kappa shape index (κ3) is 3.31. The highest BCUT2D eigenvalue weighted by Crippen LogP contribution is 2.34. The molecule has 0 aliphatic heterocycles. The predicted octanol–water partition coefficient (Wildman–Crippen LogP) is 2.59. The second-order valence-electron chi connectivity index (χ2n) is 6.15. The Kier molecular flexibility index (Phi) is 4.74. The van der Waals surface area contributed by atoms with E-state index in [1.807, 2.05) is 28.8 Å². The Balaban J connectivity index is 1.78. The number of ether oxygens (including phenoxy) is 2. The van der Waals surface area contributed by atoms with Crippen LogP contribution in [0.25, 0.3) is 21.9 Å². The number of rotatable bonds is 6. The number of nitrogens with one attached hydrogen (secondary N) is 1. The molecular weight excluding hydrogens is 380 g/mol. The zero-order valence-corrected chi connectivity index (χ0v) is 16.1. The van der Waals surface area contributed by atoms with Crippen LogP contribution in [0.5, 0.6) is 11.5 Å². The minimum Gasteiger partial charge on any atom is -0.493 e. The van der Waals surface area contributed by atoms with E-state index in [-0.39, 0.29) is 0 Å². The normalized spacial score (nSPS) is 11.2. The Morgan fingerprint density at radius 1 is 1.00 bits per heavy atom. The highest BCUT2D eigenvalue weighted by Gasteiger charge is 2.13. The van der Waals surface area contributed by atoms with Crippen LogP contribution in [0.1, 0.15) is 5.56 Å². The average molecular weight is 398 g/mol. The van der Waals surface area contributed by atoms with E-state index in [1.165, 1.54) is 0 Å². The molecule has 0 aliphatic rings.